The van der Waals surface area contributed by atoms with Crippen LogP contribution in [-0.4, -0.2) is 35.7 Å². The lowest BCUT2D eigenvalue weighted by Crippen LogP contribution is -2.27. The monoisotopic (exact) mass is 415 g/mol. The Labute approximate surface area is 181 Å². The van der Waals surface area contributed by atoms with Crippen molar-refractivity contribution in [2.75, 3.05) is 20.3 Å². The maximum atomic E-state index is 12.6. The standard InChI is InChI=1S/C25H25N3O3/c1-30-23-14-8-5-11-20(23)25(29)26-16-15-24-27-21-12-6-7-13-22(21)28(24)17-18-31-19-9-3-2-4-10-19/h2-14H,15-18H2,1H3,(H,26,29). The Balaban J connectivity index is 1.43. The van der Waals surface area contributed by atoms with Crippen molar-refractivity contribution in [3.05, 3.63) is 90.3 Å². The quantitative estimate of drug-likeness (QED) is 0.447. The summed E-state index contributed by atoms with van der Waals surface area (Å²) in [7, 11) is 1.56. The van der Waals surface area contributed by atoms with Crippen LogP contribution >= 0.6 is 0 Å². The lowest BCUT2D eigenvalue weighted by Gasteiger charge is -2.12. The third kappa shape index (κ3) is 4.86. The second kappa shape index (κ2) is 9.80. The molecule has 1 N–H and O–H groups in total. The molecule has 0 saturated heterocycles. The van der Waals surface area contributed by atoms with Gasteiger partial charge < -0.3 is 19.4 Å². The van der Waals surface area contributed by atoms with Crippen molar-refractivity contribution < 1.29 is 14.3 Å². The van der Waals surface area contributed by atoms with Gasteiger partial charge >= 0.3 is 0 Å². The minimum atomic E-state index is -0.160. The van der Waals surface area contributed by atoms with Crippen LogP contribution in [0.4, 0.5) is 0 Å². The lowest BCUT2D eigenvalue weighted by atomic mass is 10.2. The molecule has 0 spiro atoms. The highest BCUT2D eigenvalue weighted by Gasteiger charge is 2.13. The zero-order valence-electron chi connectivity index (χ0n) is 17.5. The van der Waals surface area contributed by atoms with Crippen molar-refractivity contribution in [2.45, 2.75) is 13.0 Å². The maximum absolute atomic E-state index is 12.6. The number of imidazole rings is 1. The smallest absolute Gasteiger partial charge is 0.255 e. The van der Waals surface area contributed by atoms with E-state index in [1.165, 1.54) is 0 Å². The molecular weight excluding hydrogens is 390 g/mol. The van der Waals surface area contributed by atoms with Crippen LogP contribution < -0.4 is 14.8 Å². The Morgan fingerprint density at radius 2 is 1.71 bits per heavy atom. The van der Waals surface area contributed by atoms with Gasteiger partial charge in [0, 0.05) is 13.0 Å². The van der Waals surface area contributed by atoms with E-state index in [0.717, 1.165) is 22.6 Å². The third-order valence-corrected chi connectivity index (χ3v) is 5.05. The molecule has 0 radical (unpaired) electrons. The number of carbonyl (C=O) groups is 1. The molecule has 3 aromatic carbocycles. The van der Waals surface area contributed by atoms with Crippen LogP contribution in [0.5, 0.6) is 11.5 Å². The summed E-state index contributed by atoms with van der Waals surface area (Å²) in [4.78, 5) is 17.3. The van der Waals surface area contributed by atoms with Crippen LogP contribution in [0.15, 0.2) is 78.9 Å². The zero-order chi connectivity index (χ0) is 21.5. The SMILES string of the molecule is COc1ccccc1C(=O)NCCc1nc2ccccc2n1CCOc1ccccc1. The molecule has 0 fully saturated rings. The molecule has 158 valence electrons. The number of carbonyl (C=O) groups excluding carboxylic acids is 1. The number of nitrogens with one attached hydrogen (secondary N) is 1. The van der Waals surface area contributed by atoms with Crippen molar-refractivity contribution in [2.24, 2.45) is 0 Å². The molecule has 6 heteroatoms. The van der Waals surface area contributed by atoms with Crippen molar-refractivity contribution in [3.63, 3.8) is 0 Å². The molecule has 0 aliphatic heterocycles. The number of nitrogens with zero attached hydrogens (tertiary/aromatic N) is 2. The van der Waals surface area contributed by atoms with Gasteiger partial charge in [-0.25, -0.2) is 4.98 Å². The van der Waals surface area contributed by atoms with Crippen LogP contribution in [0.1, 0.15) is 16.2 Å². The van der Waals surface area contributed by atoms with Gasteiger partial charge in [0.15, 0.2) is 0 Å². The lowest BCUT2D eigenvalue weighted by molar-refractivity contribution is 0.0951. The summed E-state index contributed by atoms with van der Waals surface area (Å²) in [6.45, 7) is 1.68. The van der Waals surface area contributed by atoms with E-state index in [2.05, 4.69) is 16.0 Å². The Bertz CT molecular complexity index is 1160. The number of para-hydroxylation sites is 4. The van der Waals surface area contributed by atoms with Gasteiger partial charge in [0.1, 0.15) is 23.9 Å². The molecule has 1 aromatic heterocycles. The topological polar surface area (TPSA) is 65.4 Å². The molecule has 6 nitrogen and oxygen atoms in total. The number of aromatic nitrogens is 2. The van der Waals surface area contributed by atoms with Gasteiger partial charge in [0.05, 0.1) is 30.3 Å². The first kappa shape index (κ1) is 20.5. The fraction of sp³-hybridized carbons (Fsp3) is 0.200. The van der Waals surface area contributed by atoms with Gasteiger partial charge in [-0.05, 0) is 36.4 Å². The summed E-state index contributed by atoms with van der Waals surface area (Å²) in [6.07, 6.45) is 0.612. The van der Waals surface area contributed by atoms with E-state index in [1.807, 2.05) is 60.7 Å². The number of hydrogen-bond donors (Lipinski definition) is 1. The summed E-state index contributed by atoms with van der Waals surface area (Å²) < 4.78 is 13.3. The fourth-order valence-corrected chi connectivity index (χ4v) is 3.55. The minimum Gasteiger partial charge on any atom is -0.496 e. The van der Waals surface area contributed by atoms with E-state index in [1.54, 1.807) is 19.2 Å². The maximum Gasteiger partial charge on any atom is 0.255 e. The summed E-state index contributed by atoms with van der Waals surface area (Å²) in [5, 5.41) is 2.97. The fourth-order valence-electron chi connectivity index (χ4n) is 3.55. The number of ether oxygens (including phenoxy) is 2. The second-order valence-electron chi connectivity index (χ2n) is 7.04. The van der Waals surface area contributed by atoms with Crippen LogP contribution in [0.25, 0.3) is 11.0 Å². The number of amides is 1. The molecule has 0 saturated carbocycles. The summed E-state index contributed by atoms with van der Waals surface area (Å²) in [6, 6.07) is 25.0. The largest absolute Gasteiger partial charge is 0.496 e. The highest BCUT2D eigenvalue weighted by molar-refractivity contribution is 5.96. The predicted molar refractivity (Wildman–Crippen MR) is 121 cm³/mol. The molecule has 0 unspecified atom stereocenters. The van der Waals surface area contributed by atoms with E-state index >= 15 is 0 Å². The molecular formula is C25H25N3O3. The van der Waals surface area contributed by atoms with E-state index in [0.29, 0.717) is 37.4 Å². The average Bonchev–Trinajstić information content (AvgIpc) is 3.17. The van der Waals surface area contributed by atoms with Gasteiger partial charge in [-0.3, -0.25) is 4.79 Å². The molecule has 0 aliphatic rings. The van der Waals surface area contributed by atoms with E-state index in [-0.39, 0.29) is 5.91 Å². The Morgan fingerprint density at radius 3 is 2.55 bits per heavy atom. The second-order valence-corrected chi connectivity index (χ2v) is 7.04. The molecule has 1 heterocycles. The minimum absolute atomic E-state index is 0.160. The summed E-state index contributed by atoms with van der Waals surface area (Å²) in [5.41, 5.74) is 2.52. The predicted octanol–water partition coefficient (Wildman–Crippen LogP) is 4.10. The van der Waals surface area contributed by atoms with Crippen LogP contribution in [-0.2, 0) is 13.0 Å². The van der Waals surface area contributed by atoms with Gasteiger partial charge in [-0.2, -0.15) is 0 Å². The number of fused-ring (bicyclic) bond motifs is 1. The van der Waals surface area contributed by atoms with Gasteiger partial charge in [-0.15, -0.1) is 0 Å². The van der Waals surface area contributed by atoms with Crippen molar-refractivity contribution >= 4 is 16.9 Å². The molecule has 31 heavy (non-hydrogen) atoms. The van der Waals surface area contributed by atoms with E-state index < -0.39 is 0 Å². The first-order valence-corrected chi connectivity index (χ1v) is 10.3. The van der Waals surface area contributed by atoms with Crippen LogP contribution in [0.2, 0.25) is 0 Å². The Morgan fingerprint density at radius 1 is 0.968 bits per heavy atom. The van der Waals surface area contributed by atoms with Gasteiger partial charge in [0.2, 0.25) is 0 Å². The summed E-state index contributed by atoms with van der Waals surface area (Å²) in [5.74, 6) is 2.16. The molecule has 4 aromatic rings. The van der Waals surface area contributed by atoms with Gasteiger partial charge in [0.25, 0.3) is 5.91 Å². The van der Waals surface area contributed by atoms with E-state index in [4.69, 9.17) is 14.5 Å². The zero-order valence-corrected chi connectivity index (χ0v) is 17.5. The highest BCUT2D eigenvalue weighted by Crippen LogP contribution is 2.18. The number of rotatable bonds is 9. The van der Waals surface area contributed by atoms with Crippen LogP contribution in [0.3, 0.4) is 0 Å². The number of benzene rings is 3. The van der Waals surface area contributed by atoms with Crippen molar-refractivity contribution in [1.82, 2.24) is 14.9 Å². The molecule has 0 bridgehead atoms. The molecule has 1 amide bonds. The van der Waals surface area contributed by atoms with Crippen LogP contribution in [0, 0.1) is 0 Å². The Kier molecular flexibility index (Phi) is 6.47. The highest BCUT2D eigenvalue weighted by atomic mass is 16.5. The average molecular weight is 415 g/mol. The first-order valence-electron chi connectivity index (χ1n) is 10.3. The van der Waals surface area contributed by atoms with Gasteiger partial charge in [-0.1, -0.05) is 42.5 Å². The summed E-state index contributed by atoms with van der Waals surface area (Å²) >= 11 is 0. The van der Waals surface area contributed by atoms with Crippen molar-refractivity contribution in [3.8, 4) is 11.5 Å². The third-order valence-electron chi connectivity index (χ3n) is 5.05. The molecule has 4 rings (SSSR count). The molecule has 0 aliphatic carbocycles. The Hall–Kier alpha value is -3.80. The van der Waals surface area contributed by atoms with E-state index in [9.17, 15) is 4.79 Å². The number of hydrogen-bond acceptors (Lipinski definition) is 4. The normalized spacial score (nSPS) is 10.7. The van der Waals surface area contributed by atoms with Crippen molar-refractivity contribution in [1.29, 1.82) is 0 Å². The number of methoxy groups -OCH3 is 1. The first-order chi connectivity index (χ1) is 15.3. The molecule has 0 atom stereocenters.